The highest BCUT2D eigenvalue weighted by Gasteiger charge is 2.36. The van der Waals surface area contributed by atoms with Crippen LogP contribution in [0.1, 0.15) is 33.8 Å². The Hall–Kier alpha value is -3.59. The van der Waals surface area contributed by atoms with Gasteiger partial charge in [-0.15, -0.1) is 11.3 Å². The van der Waals surface area contributed by atoms with Gasteiger partial charge in [-0.1, -0.05) is 30.3 Å². The van der Waals surface area contributed by atoms with Gasteiger partial charge in [0.2, 0.25) is 0 Å². The number of hydrogen-bond acceptors (Lipinski definition) is 5. The number of amides is 1. The van der Waals surface area contributed by atoms with E-state index in [4.69, 9.17) is 10.5 Å². The Balaban J connectivity index is 1.78. The Kier molecular flexibility index (Phi) is 5.99. The lowest BCUT2D eigenvalue weighted by atomic mass is 10.0. The molecule has 0 spiro atoms. The minimum absolute atomic E-state index is 0.00216. The predicted molar refractivity (Wildman–Crippen MR) is 123 cm³/mol. The second-order valence-electron chi connectivity index (χ2n) is 7.41. The summed E-state index contributed by atoms with van der Waals surface area (Å²) in [6, 6.07) is 16.4. The number of rotatable bonds is 5. The van der Waals surface area contributed by atoms with Crippen LogP contribution in [0, 0.1) is 0 Å². The van der Waals surface area contributed by atoms with Gasteiger partial charge in [0, 0.05) is 10.9 Å². The maximum absolute atomic E-state index is 14.0. The van der Waals surface area contributed by atoms with E-state index in [2.05, 4.69) is 10.3 Å². The number of aromatic nitrogens is 1. The van der Waals surface area contributed by atoms with E-state index < -0.39 is 17.6 Å². The number of nitrogens with two attached hydrogens (primary N) is 1. The zero-order valence-electron chi connectivity index (χ0n) is 17.7. The van der Waals surface area contributed by atoms with Crippen LogP contribution in [0.5, 0.6) is 5.75 Å². The molecule has 9 heteroatoms. The molecule has 4 aromatic rings. The normalized spacial score (nSPS) is 12.5. The second-order valence-corrected chi connectivity index (χ2v) is 8.41. The van der Waals surface area contributed by atoms with Crippen molar-refractivity contribution in [2.24, 2.45) is 0 Å². The summed E-state index contributed by atoms with van der Waals surface area (Å²) in [6.07, 6.45) is -4.68. The monoisotopic (exact) mass is 471 g/mol. The van der Waals surface area contributed by atoms with Gasteiger partial charge in [0.25, 0.3) is 5.91 Å². The second kappa shape index (κ2) is 8.74. The molecule has 1 amide bonds. The minimum Gasteiger partial charge on any atom is -0.497 e. The number of nitrogen functional groups attached to an aromatic ring is 1. The van der Waals surface area contributed by atoms with E-state index in [1.165, 1.54) is 7.11 Å². The van der Waals surface area contributed by atoms with Gasteiger partial charge in [-0.25, -0.2) is 4.98 Å². The van der Waals surface area contributed by atoms with E-state index in [-0.39, 0.29) is 32.5 Å². The number of fused-ring (bicyclic) bond motifs is 1. The molecule has 0 aliphatic heterocycles. The highest BCUT2D eigenvalue weighted by atomic mass is 32.1. The molecule has 33 heavy (non-hydrogen) atoms. The van der Waals surface area contributed by atoms with Crippen LogP contribution in [0.2, 0.25) is 0 Å². The number of carbonyl (C=O) groups is 1. The number of hydrogen-bond donors (Lipinski definition) is 2. The maximum atomic E-state index is 14.0. The van der Waals surface area contributed by atoms with Crippen molar-refractivity contribution in [2.45, 2.75) is 19.1 Å². The van der Waals surface area contributed by atoms with Crippen molar-refractivity contribution in [2.75, 3.05) is 12.8 Å². The third-order valence-electron chi connectivity index (χ3n) is 5.24. The smallest absolute Gasteiger partial charge is 0.417 e. The fraction of sp³-hybridized carbons (Fsp3) is 0.167. The van der Waals surface area contributed by atoms with Gasteiger partial charge in [0.05, 0.1) is 30.1 Å². The molecule has 1 atom stereocenters. The zero-order chi connectivity index (χ0) is 23.8. The summed E-state index contributed by atoms with van der Waals surface area (Å²) in [4.78, 5) is 17.3. The predicted octanol–water partition coefficient (Wildman–Crippen LogP) is 6.06. The SMILES string of the molecule is COc1ccc(-c2cc(C(F)(F)F)c3c(N)c(C(=O)NC(C)c4ccccc4)sc3n2)cc1. The fourth-order valence-corrected chi connectivity index (χ4v) is 4.53. The van der Waals surface area contributed by atoms with Gasteiger partial charge in [-0.2, -0.15) is 13.2 Å². The Bertz CT molecular complexity index is 1300. The number of pyridine rings is 1. The molecule has 1 unspecified atom stereocenters. The summed E-state index contributed by atoms with van der Waals surface area (Å²) in [6.45, 7) is 1.79. The number of alkyl halides is 3. The Morgan fingerprint density at radius 2 is 1.79 bits per heavy atom. The average molecular weight is 472 g/mol. The highest BCUT2D eigenvalue weighted by molar-refractivity contribution is 7.21. The van der Waals surface area contributed by atoms with Crippen LogP contribution in [0.4, 0.5) is 18.9 Å². The summed E-state index contributed by atoms with van der Waals surface area (Å²) in [5, 5.41) is 2.54. The minimum atomic E-state index is -4.68. The first-order valence-electron chi connectivity index (χ1n) is 9.99. The van der Waals surface area contributed by atoms with Gasteiger partial charge in [-0.3, -0.25) is 4.79 Å². The summed E-state index contributed by atoms with van der Waals surface area (Å²) < 4.78 is 47.0. The highest BCUT2D eigenvalue weighted by Crippen LogP contribution is 2.43. The summed E-state index contributed by atoms with van der Waals surface area (Å²) in [5.74, 6) is 0.0220. The lowest BCUT2D eigenvalue weighted by Crippen LogP contribution is -2.26. The standard InChI is InChI=1S/C24H20F3N3O2S/c1-13(14-6-4-3-5-7-14)29-22(31)21-20(28)19-17(24(25,26)27)12-18(30-23(19)33-21)15-8-10-16(32-2)11-9-15/h3-13H,28H2,1-2H3,(H,29,31). The largest absolute Gasteiger partial charge is 0.497 e. The van der Waals surface area contributed by atoms with E-state index in [1.807, 2.05) is 30.3 Å². The molecule has 3 N–H and O–H groups in total. The van der Waals surface area contributed by atoms with E-state index in [0.29, 0.717) is 11.3 Å². The molecule has 2 aromatic carbocycles. The first-order chi connectivity index (χ1) is 15.7. The van der Waals surface area contributed by atoms with Crippen molar-refractivity contribution >= 4 is 33.1 Å². The van der Waals surface area contributed by atoms with E-state index in [9.17, 15) is 18.0 Å². The number of halogens is 3. The van der Waals surface area contributed by atoms with Crippen molar-refractivity contribution in [1.82, 2.24) is 10.3 Å². The van der Waals surface area contributed by atoms with Crippen molar-refractivity contribution in [3.05, 3.63) is 76.7 Å². The van der Waals surface area contributed by atoms with Crippen molar-refractivity contribution in [1.29, 1.82) is 0 Å². The quantitative estimate of drug-likeness (QED) is 0.371. The number of thiophene rings is 1. The van der Waals surface area contributed by atoms with Gasteiger partial charge < -0.3 is 15.8 Å². The molecule has 0 bridgehead atoms. The number of carbonyl (C=O) groups excluding carboxylic acids is 1. The van der Waals surface area contributed by atoms with Crippen LogP contribution in [-0.2, 0) is 6.18 Å². The average Bonchev–Trinajstić information content (AvgIpc) is 3.15. The summed E-state index contributed by atoms with van der Waals surface area (Å²) in [5.41, 5.74) is 6.39. The molecule has 0 aliphatic carbocycles. The van der Waals surface area contributed by atoms with Crippen molar-refractivity contribution in [3.8, 4) is 17.0 Å². The van der Waals surface area contributed by atoms with Crippen LogP contribution in [0.3, 0.4) is 0 Å². The van der Waals surface area contributed by atoms with E-state index >= 15 is 0 Å². The first kappa shape index (κ1) is 22.6. The molecule has 2 heterocycles. The Labute approximate surface area is 192 Å². The number of anilines is 1. The molecule has 0 aliphatic rings. The van der Waals surface area contributed by atoms with E-state index in [0.717, 1.165) is 23.0 Å². The van der Waals surface area contributed by atoms with Gasteiger partial charge in [-0.05, 0) is 42.8 Å². The number of methoxy groups -OCH3 is 1. The molecule has 5 nitrogen and oxygen atoms in total. The lowest BCUT2D eigenvalue weighted by Gasteiger charge is -2.14. The summed E-state index contributed by atoms with van der Waals surface area (Å²) >= 11 is 0.843. The van der Waals surface area contributed by atoms with Gasteiger partial charge in [0.15, 0.2) is 0 Å². The molecule has 4 rings (SSSR count). The van der Waals surface area contributed by atoms with Crippen LogP contribution < -0.4 is 15.8 Å². The van der Waals surface area contributed by atoms with Crippen LogP contribution >= 0.6 is 11.3 Å². The summed E-state index contributed by atoms with van der Waals surface area (Å²) in [7, 11) is 1.50. The number of ether oxygens (including phenoxy) is 1. The fourth-order valence-electron chi connectivity index (χ4n) is 3.51. The molecular weight excluding hydrogens is 451 g/mol. The van der Waals surface area contributed by atoms with E-state index in [1.54, 1.807) is 31.2 Å². The van der Waals surface area contributed by atoms with Gasteiger partial charge in [0.1, 0.15) is 15.5 Å². The third kappa shape index (κ3) is 4.49. The number of nitrogens with zero attached hydrogens (tertiary/aromatic N) is 1. The van der Waals surface area contributed by atoms with Crippen molar-refractivity contribution in [3.63, 3.8) is 0 Å². The maximum Gasteiger partial charge on any atom is 0.417 e. The first-order valence-corrected chi connectivity index (χ1v) is 10.8. The number of benzene rings is 2. The number of nitrogens with one attached hydrogen (secondary N) is 1. The van der Waals surface area contributed by atoms with Crippen LogP contribution in [0.25, 0.3) is 21.5 Å². The van der Waals surface area contributed by atoms with Gasteiger partial charge >= 0.3 is 6.18 Å². The van der Waals surface area contributed by atoms with Crippen molar-refractivity contribution < 1.29 is 22.7 Å². The molecule has 170 valence electrons. The Morgan fingerprint density at radius 1 is 1.12 bits per heavy atom. The molecule has 0 fully saturated rings. The van der Waals surface area contributed by atoms with Crippen LogP contribution in [-0.4, -0.2) is 18.0 Å². The molecule has 0 radical (unpaired) electrons. The molecule has 0 saturated heterocycles. The topological polar surface area (TPSA) is 77.2 Å². The lowest BCUT2D eigenvalue weighted by molar-refractivity contribution is -0.136. The zero-order valence-corrected chi connectivity index (χ0v) is 18.6. The third-order valence-corrected chi connectivity index (χ3v) is 6.34. The van der Waals surface area contributed by atoms with Crippen LogP contribution in [0.15, 0.2) is 60.7 Å². The molecule has 2 aromatic heterocycles. The molecule has 0 saturated carbocycles. The molecular formula is C24H20F3N3O2S. The Morgan fingerprint density at radius 3 is 2.39 bits per heavy atom.